The highest BCUT2D eigenvalue weighted by atomic mass is 16.2. The van der Waals surface area contributed by atoms with Crippen molar-refractivity contribution in [2.45, 2.75) is 19.3 Å². The third-order valence-electron chi connectivity index (χ3n) is 4.64. The Labute approximate surface area is 126 Å². The van der Waals surface area contributed by atoms with Gasteiger partial charge >= 0.3 is 0 Å². The van der Waals surface area contributed by atoms with E-state index in [-0.39, 0.29) is 5.91 Å². The first-order valence-corrected chi connectivity index (χ1v) is 8.01. The van der Waals surface area contributed by atoms with E-state index in [9.17, 15) is 4.79 Å². The Morgan fingerprint density at radius 3 is 2.67 bits per heavy atom. The number of carbonyl (C=O) groups excluding carboxylic acids is 1. The van der Waals surface area contributed by atoms with Crippen LogP contribution in [0.2, 0.25) is 0 Å². The molecule has 1 saturated heterocycles. The zero-order valence-electron chi connectivity index (χ0n) is 12.5. The van der Waals surface area contributed by atoms with Gasteiger partial charge in [-0.1, -0.05) is 12.2 Å². The quantitative estimate of drug-likeness (QED) is 0.834. The molecular weight excluding hydrogens is 262 g/mol. The predicted molar refractivity (Wildman–Crippen MR) is 82.2 cm³/mol. The molecule has 2 heterocycles. The van der Waals surface area contributed by atoms with Crippen LogP contribution in [-0.4, -0.2) is 48.5 Å². The van der Waals surface area contributed by atoms with Crippen LogP contribution in [0.3, 0.4) is 0 Å². The van der Waals surface area contributed by atoms with E-state index in [2.05, 4.69) is 17.1 Å². The van der Waals surface area contributed by atoms with Crippen LogP contribution in [0.15, 0.2) is 36.7 Å². The highest BCUT2D eigenvalue weighted by Gasteiger charge is 2.26. The zero-order valence-corrected chi connectivity index (χ0v) is 12.5. The van der Waals surface area contributed by atoms with E-state index in [0.29, 0.717) is 0 Å². The van der Waals surface area contributed by atoms with Crippen molar-refractivity contribution in [3.05, 3.63) is 42.2 Å². The van der Waals surface area contributed by atoms with Crippen molar-refractivity contribution in [3.63, 3.8) is 0 Å². The van der Waals surface area contributed by atoms with Crippen LogP contribution in [0.4, 0.5) is 0 Å². The smallest absolute Gasteiger partial charge is 0.254 e. The monoisotopic (exact) mass is 286 g/mol. The van der Waals surface area contributed by atoms with Crippen LogP contribution < -0.4 is 4.90 Å². The maximum atomic E-state index is 12.4. The van der Waals surface area contributed by atoms with Crippen LogP contribution in [0, 0.1) is 5.92 Å². The zero-order chi connectivity index (χ0) is 14.5. The van der Waals surface area contributed by atoms with E-state index in [0.717, 1.165) is 37.7 Å². The molecule has 4 heteroatoms. The second-order valence-electron chi connectivity index (χ2n) is 6.13. The van der Waals surface area contributed by atoms with Crippen molar-refractivity contribution in [1.82, 2.24) is 9.88 Å². The maximum Gasteiger partial charge on any atom is 0.254 e. The lowest BCUT2D eigenvalue weighted by atomic mass is 9.94. The van der Waals surface area contributed by atoms with Gasteiger partial charge in [0, 0.05) is 23.9 Å². The summed E-state index contributed by atoms with van der Waals surface area (Å²) in [6.07, 6.45) is 11.8. The number of pyridine rings is 1. The van der Waals surface area contributed by atoms with Crippen molar-refractivity contribution in [2.75, 3.05) is 32.7 Å². The van der Waals surface area contributed by atoms with Crippen molar-refractivity contribution >= 4 is 5.91 Å². The SMILES string of the molecule is O=C(c1ccncc1)N1CC[NH+](CC2CC=CCC2)CC1. The molecule has 0 aromatic carbocycles. The van der Waals surface area contributed by atoms with E-state index in [1.165, 1.54) is 25.8 Å². The van der Waals surface area contributed by atoms with E-state index in [4.69, 9.17) is 0 Å². The number of nitrogens with zero attached hydrogens (tertiary/aromatic N) is 2. The van der Waals surface area contributed by atoms with Crippen molar-refractivity contribution < 1.29 is 9.69 Å². The number of piperazine rings is 1. The van der Waals surface area contributed by atoms with Gasteiger partial charge in [-0.2, -0.15) is 0 Å². The molecule has 1 unspecified atom stereocenters. The van der Waals surface area contributed by atoms with Gasteiger partial charge in [0.1, 0.15) is 0 Å². The molecule has 1 aromatic heterocycles. The molecule has 0 saturated carbocycles. The van der Waals surface area contributed by atoms with E-state index >= 15 is 0 Å². The molecule has 1 aliphatic carbocycles. The van der Waals surface area contributed by atoms with E-state index < -0.39 is 0 Å². The Balaban J connectivity index is 1.48. The number of rotatable bonds is 3. The number of hydrogen-bond acceptors (Lipinski definition) is 2. The van der Waals surface area contributed by atoms with Gasteiger partial charge in [0.15, 0.2) is 0 Å². The summed E-state index contributed by atoms with van der Waals surface area (Å²) in [5, 5.41) is 0. The summed E-state index contributed by atoms with van der Waals surface area (Å²) in [5.41, 5.74) is 0.755. The average Bonchev–Trinajstić information content (AvgIpc) is 2.57. The number of carbonyl (C=O) groups is 1. The third-order valence-corrected chi connectivity index (χ3v) is 4.64. The Morgan fingerprint density at radius 1 is 1.24 bits per heavy atom. The number of nitrogens with one attached hydrogen (secondary N) is 1. The molecule has 4 nitrogen and oxygen atoms in total. The molecule has 1 N–H and O–H groups in total. The minimum absolute atomic E-state index is 0.150. The molecule has 1 amide bonds. The molecule has 1 fully saturated rings. The maximum absolute atomic E-state index is 12.4. The summed E-state index contributed by atoms with van der Waals surface area (Å²) in [5.74, 6) is 0.990. The van der Waals surface area contributed by atoms with Gasteiger partial charge in [-0.15, -0.1) is 0 Å². The average molecular weight is 286 g/mol. The first kappa shape index (κ1) is 14.3. The van der Waals surface area contributed by atoms with Crippen molar-refractivity contribution in [2.24, 2.45) is 5.92 Å². The minimum atomic E-state index is 0.150. The number of hydrogen-bond donors (Lipinski definition) is 1. The molecule has 0 radical (unpaired) electrons. The van der Waals surface area contributed by atoms with E-state index in [1.54, 1.807) is 29.4 Å². The standard InChI is InChI=1S/C17H23N3O/c21-17(16-6-8-18-9-7-16)20-12-10-19(11-13-20)14-15-4-2-1-3-5-15/h1-2,6-9,15H,3-5,10-14H2/p+1. The fourth-order valence-electron chi connectivity index (χ4n) is 3.36. The van der Waals surface area contributed by atoms with Crippen LogP contribution in [-0.2, 0) is 0 Å². The highest BCUT2D eigenvalue weighted by molar-refractivity contribution is 5.94. The van der Waals surface area contributed by atoms with Crippen LogP contribution >= 0.6 is 0 Å². The number of allylic oxidation sites excluding steroid dienone is 2. The van der Waals surface area contributed by atoms with Gasteiger partial charge in [0.2, 0.25) is 0 Å². The molecule has 21 heavy (non-hydrogen) atoms. The van der Waals surface area contributed by atoms with Gasteiger partial charge < -0.3 is 9.80 Å². The summed E-state index contributed by atoms with van der Waals surface area (Å²) in [6.45, 7) is 5.17. The minimum Gasteiger partial charge on any atom is -0.332 e. The summed E-state index contributed by atoms with van der Waals surface area (Å²) in [4.78, 5) is 20.0. The third kappa shape index (κ3) is 3.70. The molecular formula is C17H24N3O+. The van der Waals surface area contributed by atoms with Gasteiger partial charge in [0.05, 0.1) is 32.7 Å². The fourth-order valence-corrected chi connectivity index (χ4v) is 3.36. The molecule has 2 aliphatic rings. The molecule has 0 spiro atoms. The summed E-state index contributed by atoms with van der Waals surface area (Å²) >= 11 is 0. The number of amides is 1. The Hall–Kier alpha value is -1.68. The number of aromatic nitrogens is 1. The van der Waals surface area contributed by atoms with Crippen LogP contribution in [0.1, 0.15) is 29.6 Å². The first-order valence-electron chi connectivity index (χ1n) is 8.01. The second-order valence-corrected chi connectivity index (χ2v) is 6.13. The molecule has 1 aliphatic heterocycles. The molecule has 3 rings (SSSR count). The molecule has 112 valence electrons. The lowest BCUT2D eigenvalue weighted by molar-refractivity contribution is -0.907. The molecule has 0 bridgehead atoms. The Kier molecular flexibility index (Phi) is 4.65. The lowest BCUT2D eigenvalue weighted by Crippen LogP contribution is -3.15. The number of quaternary nitrogens is 1. The van der Waals surface area contributed by atoms with Gasteiger partial charge in [-0.3, -0.25) is 9.78 Å². The highest BCUT2D eigenvalue weighted by Crippen LogP contribution is 2.16. The molecule has 1 aromatic rings. The normalized spacial score (nSPS) is 23.2. The van der Waals surface area contributed by atoms with Crippen LogP contribution in [0.25, 0.3) is 0 Å². The summed E-state index contributed by atoms with van der Waals surface area (Å²) < 4.78 is 0. The van der Waals surface area contributed by atoms with Gasteiger partial charge in [-0.25, -0.2) is 0 Å². The predicted octanol–water partition coefficient (Wildman–Crippen LogP) is 0.779. The topological polar surface area (TPSA) is 37.6 Å². The van der Waals surface area contributed by atoms with Crippen molar-refractivity contribution in [3.8, 4) is 0 Å². The summed E-state index contributed by atoms with van der Waals surface area (Å²) in [7, 11) is 0. The Bertz CT molecular complexity index is 492. The fraction of sp³-hybridized carbons (Fsp3) is 0.529. The van der Waals surface area contributed by atoms with Crippen LogP contribution in [0.5, 0.6) is 0 Å². The lowest BCUT2D eigenvalue weighted by Gasteiger charge is -2.34. The summed E-state index contributed by atoms with van der Waals surface area (Å²) in [6, 6.07) is 3.60. The Morgan fingerprint density at radius 2 is 2.00 bits per heavy atom. The molecule has 1 atom stereocenters. The van der Waals surface area contributed by atoms with E-state index in [1.807, 2.05) is 4.90 Å². The van der Waals surface area contributed by atoms with Gasteiger partial charge in [-0.05, 0) is 31.4 Å². The van der Waals surface area contributed by atoms with Gasteiger partial charge in [0.25, 0.3) is 5.91 Å². The second kappa shape index (κ2) is 6.85. The largest absolute Gasteiger partial charge is 0.332 e. The van der Waals surface area contributed by atoms with Crippen molar-refractivity contribution in [1.29, 1.82) is 0 Å². The first-order chi connectivity index (χ1) is 10.3.